The number of fused-ring (bicyclic) bond motifs is 1. The predicted molar refractivity (Wildman–Crippen MR) is 85.9 cm³/mol. The molecule has 0 amide bonds. The highest BCUT2D eigenvalue weighted by Crippen LogP contribution is 2.43. The summed E-state index contributed by atoms with van der Waals surface area (Å²) in [5, 5.41) is 3.80. The molecule has 0 spiro atoms. The van der Waals surface area contributed by atoms with Gasteiger partial charge in [-0.15, -0.1) is 0 Å². The summed E-state index contributed by atoms with van der Waals surface area (Å²) in [6, 6.07) is 1.67. The van der Waals surface area contributed by atoms with Gasteiger partial charge in [0, 0.05) is 18.6 Å². The van der Waals surface area contributed by atoms with E-state index in [0.29, 0.717) is 5.41 Å². The molecule has 0 bridgehead atoms. The predicted octanol–water partition coefficient (Wildman–Crippen LogP) is 3.67. The quantitative estimate of drug-likeness (QED) is 0.844. The van der Waals surface area contributed by atoms with E-state index in [1.165, 1.54) is 58.0 Å². The number of nitrogens with zero attached hydrogens (tertiary/aromatic N) is 1. The van der Waals surface area contributed by atoms with Crippen molar-refractivity contribution in [3.8, 4) is 0 Å². The van der Waals surface area contributed by atoms with Gasteiger partial charge in [0.2, 0.25) is 0 Å². The molecule has 116 valence electrons. The van der Waals surface area contributed by atoms with Gasteiger partial charge in [0.15, 0.2) is 0 Å². The maximum atomic E-state index is 3.80. The van der Waals surface area contributed by atoms with Crippen molar-refractivity contribution in [1.29, 1.82) is 0 Å². The summed E-state index contributed by atoms with van der Waals surface area (Å²) in [4.78, 5) is 2.88. The second-order valence-corrected chi connectivity index (χ2v) is 8.22. The third kappa shape index (κ3) is 2.78. The summed E-state index contributed by atoms with van der Waals surface area (Å²) in [6.07, 6.45) is 10.3. The highest BCUT2D eigenvalue weighted by atomic mass is 15.2. The van der Waals surface area contributed by atoms with Crippen molar-refractivity contribution in [3.63, 3.8) is 0 Å². The highest BCUT2D eigenvalue weighted by Gasteiger charge is 2.44. The third-order valence-electron chi connectivity index (χ3n) is 6.49. The first-order valence-corrected chi connectivity index (χ1v) is 9.09. The number of nitrogens with one attached hydrogen (secondary N) is 1. The van der Waals surface area contributed by atoms with Crippen molar-refractivity contribution in [2.75, 3.05) is 19.6 Å². The third-order valence-corrected chi connectivity index (χ3v) is 6.49. The van der Waals surface area contributed by atoms with Crippen LogP contribution < -0.4 is 5.32 Å². The van der Waals surface area contributed by atoms with Crippen LogP contribution in [0, 0.1) is 17.3 Å². The van der Waals surface area contributed by atoms with Crippen LogP contribution in [-0.2, 0) is 0 Å². The summed E-state index contributed by atoms with van der Waals surface area (Å²) in [7, 11) is 0. The first-order chi connectivity index (χ1) is 9.62. The minimum Gasteiger partial charge on any atom is -0.313 e. The number of likely N-dealkylation sites (tertiary alicyclic amines) is 1. The van der Waals surface area contributed by atoms with E-state index in [2.05, 4.69) is 31.0 Å². The Bertz CT molecular complexity index is 325. The SMILES string of the molecule is CCNC1C(CN2CCC3CCCCC32)CCC1(C)C. The maximum absolute atomic E-state index is 3.80. The fourth-order valence-corrected chi connectivity index (χ4v) is 5.41. The van der Waals surface area contributed by atoms with E-state index < -0.39 is 0 Å². The molecule has 2 heteroatoms. The van der Waals surface area contributed by atoms with Gasteiger partial charge < -0.3 is 5.32 Å². The molecular formula is C18H34N2. The van der Waals surface area contributed by atoms with Gasteiger partial charge >= 0.3 is 0 Å². The average molecular weight is 278 g/mol. The Morgan fingerprint density at radius 2 is 1.90 bits per heavy atom. The monoisotopic (exact) mass is 278 g/mol. The lowest BCUT2D eigenvalue weighted by Crippen LogP contribution is -2.47. The summed E-state index contributed by atoms with van der Waals surface area (Å²) in [5.74, 6) is 1.92. The van der Waals surface area contributed by atoms with E-state index >= 15 is 0 Å². The van der Waals surface area contributed by atoms with Crippen LogP contribution in [0.3, 0.4) is 0 Å². The van der Waals surface area contributed by atoms with E-state index in [0.717, 1.165) is 30.5 Å². The zero-order valence-electron chi connectivity index (χ0n) is 13.8. The van der Waals surface area contributed by atoms with Crippen LogP contribution in [-0.4, -0.2) is 36.6 Å². The van der Waals surface area contributed by atoms with Crippen LogP contribution in [0.1, 0.15) is 65.7 Å². The first kappa shape index (κ1) is 14.8. The molecule has 0 aromatic heterocycles. The average Bonchev–Trinajstić information content (AvgIpc) is 2.96. The molecule has 2 nitrogen and oxygen atoms in total. The van der Waals surface area contributed by atoms with Crippen LogP contribution in [0.5, 0.6) is 0 Å². The van der Waals surface area contributed by atoms with Crippen LogP contribution in [0.25, 0.3) is 0 Å². The Kier molecular flexibility index (Phi) is 4.42. The molecule has 3 aliphatic rings. The Labute approximate surface area is 125 Å². The van der Waals surface area contributed by atoms with Gasteiger partial charge in [0.05, 0.1) is 0 Å². The molecular weight excluding hydrogens is 244 g/mol. The summed E-state index contributed by atoms with van der Waals surface area (Å²) in [6.45, 7) is 11.1. The van der Waals surface area contributed by atoms with Crippen LogP contribution in [0.4, 0.5) is 0 Å². The molecule has 3 fully saturated rings. The smallest absolute Gasteiger partial charge is 0.0159 e. The zero-order chi connectivity index (χ0) is 14.2. The second kappa shape index (κ2) is 5.96. The molecule has 1 N–H and O–H groups in total. The lowest BCUT2D eigenvalue weighted by Gasteiger charge is -2.37. The fraction of sp³-hybridized carbons (Fsp3) is 1.00. The Morgan fingerprint density at radius 1 is 1.10 bits per heavy atom. The van der Waals surface area contributed by atoms with Crippen LogP contribution in [0.15, 0.2) is 0 Å². The molecule has 4 atom stereocenters. The Morgan fingerprint density at radius 3 is 2.70 bits per heavy atom. The van der Waals surface area contributed by atoms with Crippen molar-refractivity contribution in [2.24, 2.45) is 17.3 Å². The van der Waals surface area contributed by atoms with Crippen molar-refractivity contribution >= 4 is 0 Å². The van der Waals surface area contributed by atoms with Crippen molar-refractivity contribution in [3.05, 3.63) is 0 Å². The van der Waals surface area contributed by atoms with Crippen LogP contribution >= 0.6 is 0 Å². The zero-order valence-corrected chi connectivity index (χ0v) is 13.8. The molecule has 1 saturated heterocycles. The summed E-state index contributed by atoms with van der Waals surface area (Å²) in [5.41, 5.74) is 0.492. The molecule has 3 rings (SSSR count). The van der Waals surface area contributed by atoms with Gasteiger partial charge in [-0.05, 0) is 62.4 Å². The lowest BCUT2D eigenvalue weighted by atomic mass is 9.83. The first-order valence-electron chi connectivity index (χ1n) is 9.09. The normalized spacial score (nSPS) is 41.0. The van der Waals surface area contributed by atoms with E-state index in [4.69, 9.17) is 0 Å². The van der Waals surface area contributed by atoms with E-state index in [9.17, 15) is 0 Å². The second-order valence-electron chi connectivity index (χ2n) is 8.22. The number of hydrogen-bond donors (Lipinski definition) is 1. The number of rotatable bonds is 4. The van der Waals surface area contributed by atoms with Crippen molar-refractivity contribution in [1.82, 2.24) is 10.2 Å². The van der Waals surface area contributed by atoms with Gasteiger partial charge in [-0.3, -0.25) is 4.90 Å². The lowest BCUT2D eigenvalue weighted by molar-refractivity contribution is 0.140. The van der Waals surface area contributed by atoms with Gasteiger partial charge in [-0.2, -0.15) is 0 Å². The molecule has 1 heterocycles. The van der Waals surface area contributed by atoms with E-state index in [-0.39, 0.29) is 0 Å². The topological polar surface area (TPSA) is 15.3 Å². The summed E-state index contributed by atoms with van der Waals surface area (Å²) >= 11 is 0. The molecule has 20 heavy (non-hydrogen) atoms. The highest BCUT2D eigenvalue weighted by molar-refractivity contribution is 4.99. The minimum atomic E-state index is 0.492. The van der Waals surface area contributed by atoms with Crippen LogP contribution in [0.2, 0.25) is 0 Å². The minimum absolute atomic E-state index is 0.492. The van der Waals surface area contributed by atoms with Gasteiger partial charge in [-0.1, -0.05) is 33.6 Å². The van der Waals surface area contributed by atoms with E-state index in [1.54, 1.807) is 0 Å². The molecule has 1 aliphatic heterocycles. The van der Waals surface area contributed by atoms with Crippen molar-refractivity contribution in [2.45, 2.75) is 77.8 Å². The Hall–Kier alpha value is -0.0800. The summed E-state index contributed by atoms with van der Waals surface area (Å²) < 4.78 is 0. The molecule has 2 saturated carbocycles. The molecule has 0 aromatic carbocycles. The maximum Gasteiger partial charge on any atom is 0.0159 e. The van der Waals surface area contributed by atoms with Gasteiger partial charge in [-0.25, -0.2) is 0 Å². The van der Waals surface area contributed by atoms with Crippen molar-refractivity contribution < 1.29 is 0 Å². The number of hydrogen-bond acceptors (Lipinski definition) is 2. The standard InChI is InChI=1S/C18H34N2/c1-4-19-17-15(9-11-18(17,2)3)13-20-12-10-14-7-5-6-8-16(14)20/h14-17,19H,4-13H2,1-3H3. The van der Waals surface area contributed by atoms with Gasteiger partial charge in [0.1, 0.15) is 0 Å². The van der Waals surface area contributed by atoms with E-state index in [1.807, 2.05) is 0 Å². The van der Waals surface area contributed by atoms with Gasteiger partial charge in [0.25, 0.3) is 0 Å². The molecule has 0 radical (unpaired) electrons. The molecule has 0 aromatic rings. The molecule has 4 unspecified atom stereocenters. The largest absolute Gasteiger partial charge is 0.313 e. The fourth-order valence-electron chi connectivity index (χ4n) is 5.41. The Balaban J connectivity index is 1.62. The molecule has 2 aliphatic carbocycles.